The second kappa shape index (κ2) is 8.10. The molecule has 2 aromatic carbocycles. The highest BCUT2D eigenvalue weighted by atomic mass is 16.2. The van der Waals surface area contributed by atoms with Crippen LogP contribution in [0.25, 0.3) is 11.0 Å². The molecular formula is C24H23N5O2. The van der Waals surface area contributed by atoms with Crippen LogP contribution in [0.3, 0.4) is 0 Å². The van der Waals surface area contributed by atoms with E-state index in [4.69, 9.17) is 0 Å². The van der Waals surface area contributed by atoms with Crippen molar-refractivity contribution in [1.82, 2.24) is 19.4 Å². The second-order valence-corrected chi connectivity index (χ2v) is 7.65. The van der Waals surface area contributed by atoms with E-state index in [1.807, 2.05) is 71.6 Å². The zero-order chi connectivity index (χ0) is 21.2. The summed E-state index contributed by atoms with van der Waals surface area (Å²) in [5, 5.41) is 0. The molecule has 1 aliphatic heterocycles. The van der Waals surface area contributed by atoms with Crippen molar-refractivity contribution in [1.29, 1.82) is 0 Å². The van der Waals surface area contributed by atoms with E-state index in [2.05, 4.69) is 14.9 Å². The van der Waals surface area contributed by atoms with Crippen LogP contribution in [0, 0.1) is 0 Å². The number of carbonyl (C=O) groups is 1. The first-order chi connectivity index (χ1) is 15.2. The number of nitrogens with one attached hydrogen (secondary N) is 1. The molecule has 1 saturated heterocycles. The summed E-state index contributed by atoms with van der Waals surface area (Å²) in [6.45, 7) is 2.67. The van der Waals surface area contributed by atoms with Crippen molar-refractivity contribution in [3.8, 4) is 0 Å². The van der Waals surface area contributed by atoms with Gasteiger partial charge >= 0.3 is 5.69 Å². The van der Waals surface area contributed by atoms with Crippen molar-refractivity contribution in [3.63, 3.8) is 0 Å². The molecule has 3 heterocycles. The number of hydrogen-bond acceptors (Lipinski definition) is 4. The summed E-state index contributed by atoms with van der Waals surface area (Å²) in [6.07, 6.45) is 3.56. The summed E-state index contributed by atoms with van der Waals surface area (Å²) < 4.78 is 1.59. The third-order valence-corrected chi connectivity index (χ3v) is 5.85. The number of para-hydroxylation sites is 2. The lowest BCUT2D eigenvalue weighted by molar-refractivity contribution is -0.133. The van der Waals surface area contributed by atoms with E-state index in [1.165, 1.54) is 0 Å². The molecule has 4 aromatic rings. The number of nitrogens with zero attached hydrogens (tertiary/aromatic N) is 4. The predicted molar refractivity (Wildman–Crippen MR) is 120 cm³/mol. The monoisotopic (exact) mass is 413 g/mol. The number of piperazine rings is 1. The molecule has 0 bridgehead atoms. The van der Waals surface area contributed by atoms with E-state index in [-0.39, 0.29) is 11.6 Å². The van der Waals surface area contributed by atoms with Crippen LogP contribution in [0.1, 0.15) is 11.6 Å². The van der Waals surface area contributed by atoms with Gasteiger partial charge in [0.1, 0.15) is 6.04 Å². The van der Waals surface area contributed by atoms with Crippen LogP contribution in [-0.2, 0) is 4.79 Å². The van der Waals surface area contributed by atoms with E-state index in [0.717, 1.165) is 35.4 Å². The number of H-pyrrole nitrogens is 1. The van der Waals surface area contributed by atoms with Crippen molar-refractivity contribution >= 4 is 22.6 Å². The topological polar surface area (TPSA) is 74.2 Å². The minimum atomic E-state index is -0.711. The second-order valence-electron chi connectivity index (χ2n) is 7.65. The summed E-state index contributed by atoms with van der Waals surface area (Å²) in [6, 6.07) is 20.3. The minimum Gasteiger partial charge on any atom is -0.368 e. The number of benzene rings is 2. The molecule has 5 rings (SSSR count). The van der Waals surface area contributed by atoms with Gasteiger partial charge in [0.15, 0.2) is 0 Å². The van der Waals surface area contributed by atoms with Crippen LogP contribution in [0.2, 0.25) is 0 Å². The highest BCUT2D eigenvalue weighted by molar-refractivity contribution is 5.87. The first kappa shape index (κ1) is 19.1. The van der Waals surface area contributed by atoms with E-state index >= 15 is 0 Å². The Morgan fingerprint density at radius 3 is 2.29 bits per heavy atom. The number of amides is 1. The van der Waals surface area contributed by atoms with Gasteiger partial charge in [0.25, 0.3) is 5.91 Å². The van der Waals surface area contributed by atoms with Gasteiger partial charge in [0.2, 0.25) is 0 Å². The summed E-state index contributed by atoms with van der Waals surface area (Å²) in [5.41, 5.74) is 3.08. The fourth-order valence-electron chi connectivity index (χ4n) is 4.28. The molecule has 1 fully saturated rings. The zero-order valence-corrected chi connectivity index (χ0v) is 17.0. The standard InChI is InChI=1S/C24H23N5O2/c30-23(28-16-14-27(15-17-28)19-10-12-25-13-11-19)22(18-6-2-1-3-7-18)29-21-9-5-4-8-20(21)26-24(29)31/h1-13,22H,14-17H2,(H,26,31). The smallest absolute Gasteiger partial charge is 0.327 e. The molecule has 1 amide bonds. The molecule has 156 valence electrons. The van der Waals surface area contributed by atoms with Crippen LogP contribution < -0.4 is 10.6 Å². The Morgan fingerprint density at radius 2 is 1.55 bits per heavy atom. The average Bonchev–Trinajstić information content (AvgIpc) is 3.16. The Morgan fingerprint density at radius 1 is 0.871 bits per heavy atom. The number of aromatic nitrogens is 3. The number of carbonyl (C=O) groups excluding carboxylic acids is 1. The highest BCUT2D eigenvalue weighted by Crippen LogP contribution is 2.25. The van der Waals surface area contributed by atoms with E-state index in [9.17, 15) is 9.59 Å². The number of anilines is 1. The number of hydrogen-bond donors (Lipinski definition) is 1. The Kier molecular flexibility index (Phi) is 5.00. The van der Waals surface area contributed by atoms with Crippen molar-refractivity contribution in [3.05, 3.63) is 95.2 Å². The molecule has 1 unspecified atom stereocenters. The van der Waals surface area contributed by atoms with Gasteiger partial charge in [-0.1, -0.05) is 42.5 Å². The predicted octanol–water partition coefficient (Wildman–Crippen LogP) is 2.66. The third kappa shape index (κ3) is 3.59. The van der Waals surface area contributed by atoms with Crippen LogP contribution in [0.4, 0.5) is 5.69 Å². The van der Waals surface area contributed by atoms with Gasteiger partial charge in [-0.25, -0.2) is 4.79 Å². The minimum absolute atomic E-state index is 0.0626. The first-order valence-electron chi connectivity index (χ1n) is 10.4. The van der Waals surface area contributed by atoms with E-state index in [0.29, 0.717) is 13.1 Å². The van der Waals surface area contributed by atoms with Crippen molar-refractivity contribution in [2.75, 3.05) is 31.1 Å². The molecule has 7 heteroatoms. The van der Waals surface area contributed by atoms with Gasteiger partial charge in [-0.15, -0.1) is 0 Å². The quantitative estimate of drug-likeness (QED) is 0.558. The number of aromatic amines is 1. The summed E-state index contributed by atoms with van der Waals surface area (Å²) >= 11 is 0. The largest absolute Gasteiger partial charge is 0.368 e. The molecular weight excluding hydrogens is 390 g/mol. The molecule has 0 saturated carbocycles. The Labute approximate surface area is 179 Å². The molecule has 1 N–H and O–H groups in total. The van der Waals surface area contributed by atoms with Crippen LogP contribution >= 0.6 is 0 Å². The fourth-order valence-corrected chi connectivity index (χ4v) is 4.28. The molecule has 31 heavy (non-hydrogen) atoms. The highest BCUT2D eigenvalue weighted by Gasteiger charge is 2.32. The average molecular weight is 413 g/mol. The number of imidazole rings is 1. The summed E-state index contributed by atoms with van der Waals surface area (Å²) in [4.78, 5) is 37.7. The number of rotatable bonds is 4. The van der Waals surface area contributed by atoms with E-state index < -0.39 is 6.04 Å². The number of fused-ring (bicyclic) bond motifs is 1. The molecule has 1 aliphatic rings. The zero-order valence-electron chi connectivity index (χ0n) is 17.0. The molecule has 7 nitrogen and oxygen atoms in total. The summed E-state index contributed by atoms with van der Waals surface area (Å²) in [7, 11) is 0. The van der Waals surface area contributed by atoms with Gasteiger partial charge in [0.05, 0.1) is 11.0 Å². The molecule has 0 aliphatic carbocycles. The first-order valence-corrected chi connectivity index (χ1v) is 10.4. The fraction of sp³-hybridized carbons (Fsp3) is 0.208. The lowest BCUT2D eigenvalue weighted by Gasteiger charge is -2.37. The van der Waals surface area contributed by atoms with E-state index in [1.54, 1.807) is 17.0 Å². The molecule has 0 radical (unpaired) electrons. The molecule has 0 spiro atoms. The van der Waals surface area contributed by atoms with Crippen LogP contribution in [0.15, 0.2) is 83.9 Å². The Balaban J connectivity index is 1.47. The van der Waals surface area contributed by atoms with Crippen LogP contribution in [-0.4, -0.2) is 51.5 Å². The Hall–Kier alpha value is -3.87. The number of pyridine rings is 1. The van der Waals surface area contributed by atoms with Gasteiger partial charge < -0.3 is 14.8 Å². The maximum atomic E-state index is 13.8. The van der Waals surface area contributed by atoms with Gasteiger partial charge in [-0.3, -0.25) is 14.3 Å². The molecule has 2 aromatic heterocycles. The van der Waals surface area contributed by atoms with Gasteiger partial charge in [-0.05, 0) is 29.8 Å². The van der Waals surface area contributed by atoms with Gasteiger partial charge in [-0.2, -0.15) is 0 Å². The normalized spacial score (nSPS) is 15.2. The lowest BCUT2D eigenvalue weighted by Crippen LogP contribution is -2.51. The maximum absolute atomic E-state index is 13.8. The van der Waals surface area contributed by atoms with Crippen molar-refractivity contribution < 1.29 is 4.79 Å². The van der Waals surface area contributed by atoms with Gasteiger partial charge in [0, 0.05) is 44.3 Å². The van der Waals surface area contributed by atoms with Crippen molar-refractivity contribution in [2.45, 2.75) is 6.04 Å². The van der Waals surface area contributed by atoms with Crippen molar-refractivity contribution in [2.24, 2.45) is 0 Å². The Bertz CT molecular complexity index is 1240. The lowest BCUT2D eigenvalue weighted by atomic mass is 10.0. The molecule has 1 atom stereocenters. The maximum Gasteiger partial charge on any atom is 0.327 e. The summed E-state index contributed by atoms with van der Waals surface area (Å²) in [5.74, 6) is -0.0626. The van der Waals surface area contributed by atoms with Crippen LogP contribution in [0.5, 0.6) is 0 Å². The SMILES string of the molecule is O=C(C(c1ccccc1)n1c(=O)[nH]c2ccccc21)N1CCN(c2ccncc2)CC1. The third-order valence-electron chi connectivity index (χ3n) is 5.85.